The second-order valence-electron chi connectivity index (χ2n) is 5.84. The largest absolute Gasteiger partial charge is 0.370 e. The monoisotopic (exact) mass is 277 g/mol. The van der Waals surface area contributed by atoms with Crippen LogP contribution in [0.3, 0.4) is 0 Å². The number of rotatable bonds is 6. The number of hydrogen-bond donors (Lipinski definition) is 1. The van der Waals surface area contributed by atoms with Gasteiger partial charge in [-0.15, -0.1) is 0 Å². The van der Waals surface area contributed by atoms with E-state index in [4.69, 9.17) is 0 Å². The molecule has 0 aliphatic carbocycles. The summed E-state index contributed by atoms with van der Waals surface area (Å²) in [5.41, 5.74) is 0. The topological polar surface area (TPSA) is 44.3 Å². The smallest absolute Gasteiger partial charge is 0.134 e. The Morgan fingerprint density at radius 3 is 2.90 bits per heavy atom. The molecule has 0 bridgehead atoms. The molecule has 5 nitrogen and oxygen atoms in total. The van der Waals surface area contributed by atoms with Crippen molar-refractivity contribution in [1.29, 1.82) is 0 Å². The molecule has 1 aliphatic rings. The normalized spacial score (nSPS) is 18.9. The van der Waals surface area contributed by atoms with Gasteiger partial charge in [0.05, 0.1) is 0 Å². The summed E-state index contributed by atoms with van der Waals surface area (Å²) in [4.78, 5) is 13.8. The molecule has 1 aromatic rings. The zero-order valence-corrected chi connectivity index (χ0v) is 13.2. The summed E-state index contributed by atoms with van der Waals surface area (Å²) in [5, 5.41) is 3.37. The lowest BCUT2D eigenvalue weighted by Crippen LogP contribution is -2.38. The van der Waals surface area contributed by atoms with Crippen LogP contribution in [-0.2, 0) is 0 Å². The Labute approximate surface area is 122 Å². The van der Waals surface area contributed by atoms with Gasteiger partial charge in [0.1, 0.15) is 17.5 Å². The van der Waals surface area contributed by atoms with Crippen molar-refractivity contribution < 1.29 is 0 Å². The van der Waals surface area contributed by atoms with E-state index in [9.17, 15) is 0 Å². The van der Waals surface area contributed by atoms with Gasteiger partial charge in [-0.05, 0) is 40.3 Å². The lowest BCUT2D eigenvalue weighted by Gasteiger charge is -2.28. The quantitative estimate of drug-likeness (QED) is 0.863. The van der Waals surface area contributed by atoms with Gasteiger partial charge in [0.15, 0.2) is 0 Å². The standard InChI is InChI=1S/C15H27N5/c1-5-8-16-14-10-15(18-12(2)17-14)20-9-6-7-13(20)11-19(3)4/h10,13H,5-9,11H2,1-4H3,(H,16,17,18). The van der Waals surface area contributed by atoms with E-state index in [0.717, 1.165) is 43.5 Å². The Bertz CT molecular complexity index is 432. The van der Waals surface area contributed by atoms with Crippen LogP contribution in [-0.4, -0.2) is 54.6 Å². The minimum atomic E-state index is 0.568. The van der Waals surface area contributed by atoms with Crippen LogP contribution in [0.2, 0.25) is 0 Å². The van der Waals surface area contributed by atoms with Gasteiger partial charge in [-0.25, -0.2) is 9.97 Å². The lowest BCUT2D eigenvalue weighted by molar-refractivity contribution is 0.371. The summed E-state index contributed by atoms with van der Waals surface area (Å²) in [7, 11) is 4.27. The highest BCUT2D eigenvalue weighted by molar-refractivity contribution is 5.50. The first-order valence-corrected chi connectivity index (χ1v) is 7.61. The first-order valence-electron chi connectivity index (χ1n) is 7.61. The number of hydrogen-bond acceptors (Lipinski definition) is 5. The van der Waals surface area contributed by atoms with Crippen molar-refractivity contribution in [3.63, 3.8) is 0 Å². The predicted octanol–water partition coefficient (Wildman–Crippen LogP) is 2.14. The van der Waals surface area contributed by atoms with Crippen LogP contribution in [0.15, 0.2) is 6.07 Å². The number of nitrogens with one attached hydrogen (secondary N) is 1. The molecule has 1 fully saturated rings. The second kappa shape index (κ2) is 6.88. The molecule has 1 aliphatic heterocycles. The lowest BCUT2D eigenvalue weighted by atomic mass is 10.2. The first kappa shape index (κ1) is 15.0. The highest BCUT2D eigenvalue weighted by Crippen LogP contribution is 2.25. The van der Waals surface area contributed by atoms with Crippen LogP contribution in [0.25, 0.3) is 0 Å². The Hall–Kier alpha value is -1.36. The second-order valence-corrected chi connectivity index (χ2v) is 5.84. The molecule has 0 aromatic carbocycles. The van der Waals surface area contributed by atoms with Crippen molar-refractivity contribution in [2.75, 3.05) is 43.9 Å². The Morgan fingerprint density at radius 1 is 1.40 bits per heavy atom. The molecule has 1 N–H and O–H groups in total. The van der Waals surface area contributed by atoms with E-state index >= 15 is 0 Å². The van der Waals surface area contributed by atoms with Gasteiger partial charge < -0.3 is 15.1 Å². The number of anilines is 2. The average molecular weight is 277 g/mol. The summed E-state index contributed by atoms with van der Waals surface area (Å²) in [6.07, 6.45) is 3.60. The van der Waals surface area contributed by atoms with Crippen molar-refractivity contribution in [3.05, 3.63) is 11.9 Å². The third-order valence-electron chi connectivity index (χ3n) is 3.63. The SMILES string of the molecule is CCCNc1cc(N2CCCC2CN(C)C)nc(C)n1. The summed E-state index contributed by atoms with van der Waals surface area (Å²) < 4.78 is 0. The number of aromatic nitrogens is 2. The minimum absolute atomic E-state index is 0.568. The van der Waals surface area contributed by atoms with Crippen molar-refractivity contribution in [1.82, 2.24) is 14.9 Å². The zero-order chi connectivity index (χ0) is 14.5. The van der Waals surface area contributed by atoms with Crippen LogP contribution < -0.4 is 10.2 Å². The Morgan fingerprint density at radius 2 is 2.20 bits per heavy atom. The van der Waals surface area contributed by atoms with Crippen LogP contribution in [0, 0.1) is 6.92 Å². The van der Waals surface area contributed by atoms with Crippen molar-refractivity contribution in [2.45, 2.75) is 39.2 Å². The fourth-order valence-corrected chi connectivity index (χ4v) is 2.79. The summed E-state index contributed by atoms with van der Waals surface area (Å²) >= 11 is 0. The molecule has 1 unspecified atom stereocenters. The number of nitrogens with zero attached hydrogens (tertiary/aromatic N) is 4. The van der Waals surface area contributed by atoms with Crippen molar-refractivity contribution >= 4 is 11.6 Å². The average Bonchev–Trinajstić information content (AvgIpc) is 2.83. The molecule has 0 radical (unpaired) electrons. The molecule has 20 heavy (non-hydrogen) atoms. The molecular weight excluding hydrogens is 250 g/mol. The van der Waals surface area contributed by atoms with Crippen molar-refractivity contribution in [2.24, 2.45) is 0 Å². The van der Waals surface area contributed by atoms with Gasteiger partial charge in [0.25, 0.3) is 0 Å². The first-order chi connectivity index (χ1) is 9.60. The summed E-state index contributed by atoms with van der Waals surface area (Å²) in [6.45, 7) is 7.27. The van der Waals surface area contributed by atoms with E-state index in [1.165, 1.54) is 12.8 Å². The number of likely N-dealkylation sites (N-methyl/N-ethyl adjacent to an activating group) is 1. The van der Waals surface area contributed by atoms with E-state index in [1.807, 2.05) is 6.92 Å². The Balaban J connectivity index is 2.15. The van der Waals surface area contributed by atoms with Gasteiger partial charge in [-0.2, -0.15) is 0 Å². The zero-order valence-electron chi connectivity index (χ0n) is 13.2. The fraction of sp³-hybridized carbons (Fsp3) is 0.733. The molecule has 2 heterocycles. The van der Waals surface area contributed by atoms with Gasteiger partial charge in [-0.1, -0.05) is 6.92 Å². The maximum atomic E-state index is 4.64. The summed E-state index contributed by atoms with van der Waals surface area (Å²) in [6, 6.07) is 2.66. The minimum Gasteiger partial charge on any atom is -0.370 e. The van der Waals surface area contributed by atoms with Gasteiger partial charge >= 0.3 is 0 Å². The van der Waals surface area contributed by atoms with Crippen LogP contribution in [0.1, 0.15) is 32.0 Å². The van der Waals surface area contributed by atoms with Gasteiger partial charge in [0.2, 0.25) is 0 Å². The molecule has 0 saturated carbocycles. The third kappa shape index (κ3) is 3.82. The molecule has 112 valence electrons. The van der Waals surface area contributed by atoms with E-state index in [2.05, 4.69) is 52.2 Å². The molecule has 0 amide bonds. The highest BCUT2D eigenvalue weighted by atomic mass is 15.3. The third-order valence-corrected chi connectivity index (χ3v) is 3.63. The van der Waals surface area contributed by atoms with E-state index < -0.39 is 0 Å². The summed E-state index contributed by atoms with van der Waals surface area (Å²) in [5.74, 6) is 2.86. The maximum Gasteiger partial charge on any atom is 0.134 e. The van der Waals surface area contributed by atoms with Crippen molar-refractivity contribution in [3.8, 4) is 0 Å². The maximum absolute atomic E-state index is 4.64. The molecule has 5 heteroatoms. The van der Waals surface area contributed by atoms with E-state index in [0.29, 0.717) is 6.04 Å². The molecule has 0 spiro atoms. The van der Waals surface area contributed by atoms with Crippen LogP contribution >= 0.6 is 0 Å². The molecule has 1 atom stereocenters. The number of aryl methyl sites for hydroxylation is 1. The predicted molar refractivity (Wildman–Crippen MR) is 84.5 cm³/mol. The fourth-order valence-electron chi connectivity index (χ4n) is 2.79. The molecule has 1 aromatic heterocycles. The molecule has 1 saturated heterocycles. The van der Waals surface area contributed by atoms with Gasteiger partial charge in [0, 0.05) is 31.7 Å². The van der Waals surface area contributed by atoms with Crippen LogP contribution in [0.5, 0.6) is 0 Å². The van der Waals surface area contributed by atoms with Crippen LogP contribution in [0.4, 0.5) is 11.6 Å². The highest BCUT2D eigenvalue weighted by Gasteiger charge is 2.26. The van der Waals surface area contributed by atoms with E-state index in [1.54, 1.807) is 0 Å². The van der Waals surface area contributed by atoms with Gasteiger partial charge in [-0.3, -0.25) is 0 Å². The van der Waals surface area contributed by atoms with E-state index in [-0.39, 0.29) is 0 Å². The molecular formula is C15H27N5. The Kier molecular flexibility index (Phi) is 5.17. The molecule has 2 rings (SSSR count).